The molecule has 0 aromatic heterocycles. The predicted octanol–water partition coefficient (Wildman–Crippen LogP) is -0.521. The summed E-state index contributed by atoms with van der Waals surface area (Å²) in [5, 5.41) is 11.0. The van der Waals surface area contributed by atoms with Gasteiger partial charge in [0, 0.05) is 0 Å². The minimum atomic E-state index is -0.266. The molecule has 1 aliphatic heterocycles. The highest BCUT2D eigenvalue weighted by atomic mass is 79.9. The van der Waals surface area contributed by atoms with Gasteiger partial charge in [-0.1, -0.05) is 31.9 Å². The van der Waals surface area contributed by atoms with Crippen LogP contribution in [0, 0.1) is 5.21 Å². The summed E-state index contributed by atoms with van der Waals surface area (Å²) < 4.78 is 0. The minimum absolute atomic E-state index is 0.0830. The van der Waals surface area contributed by atoms with E-state index in [4.69, 9.17) is 0 Å². The van der Waals surface area contributed by atoms with Gasteiger partial charge in [-0.15, -0.1) is 0 Å². The molecule has 1 fully saturated rings. The summed E-state index contributed by atoms with van der Waals surface area (Å²) in [5.41, 5.74) is 0. The summed E-state index contributed by atoms with van der Waals surface area (Å²) in [4.78, 5) is 10.5. The molecule has 10 heavy (non-hydrogen) atoms. The van der Waals surface area contributed by atoms with Gasteiger partial charge >= 0.3 is 0 Å². The molecule has 1 aliphatic rings. The fourth-order valence-corrected chi connectivity index (χ4v) is 2.60. The second-order valence-electron chi connectivity index (χ2n) is 2.28. The van der Waals surface area contributed by atoms with Gasteiger partial charge in [-0.05, 0) is 0 Å². The van der Waals surface area contributed by atoms with Crippen molar-refractivity contribution >= 4 is 37.6 Å². The fourth-order valence-electron chi connectivity index (χ4n) is 0.881. The number of carbonyl (C=O) groups is 1. The molecular weight excluding hydrogens is 266 g/mol. The van der Waals surface area contributed by atoms with Crippen molar-refractivity contribution in [2.75, 3.05) is 13.1 Å². The first-order valence-electron chi connectivity index (χ1n) is 2.95. The molecule has 0 aromatic rings. The van der Waals surface area contributed by atoms with E-state index >= 15 is 0 Å². The Kier molecular flexibility index (Phi) is 2.85. The van der Waals surface area contributed by atoms with Gasteiger partial charge in [0.05, 0.1) is 13.1 Å². The Morgan fingerprint density at radius 2 is 1.80 bits per heavy atom. The van der Waals surface area contributed by atoms with E-state index in [1.807, 2.05) is 0 Å². The second kappa shape index (κ2) is 3.30. The van der Waals surface area contributed by atoms with Crippen LogP contribution in [0.5, 0.6) is 0 Å². The molecule has 0 bridgehead atoms. The van der Waals surface area contributed by atoms with Crippen molar-refractivity contribution in [3.8, 4) is 0 Å². The lowest BCUT2D eigenvalue weighted by molar-refractivity contribution is -0.847. The Morgan fingerprint density at radius 1 is 1.40 bits per heavy atom. The molecule has 0 saturated carbocycles. The Labute approximate surface area is 75.6 Å². The van der Waals surface area contributed by atoms with Crippen LogP contribution in [0.1, 0.15) is 0 Å². The van der Waals surface area contributed by atoms with Crippen molar-refractivity contribution in [1.29, 1.82) is 0 Å². The number of halogens is 2. The Bertz CT molecular complexity index is 139. The van der Waals surface area contributed by atoms with Crippen LogP contribution < -0.4 is 5.06 Å². The number of rotatable bonds is 0. The third-order valence-electron chi connectivity index (χ3n) is 1.43. The zero-order valence-electron chi connectivity index (χ0n) is 5.14. The molecule has 1 saturated heterocycles. The summed E-state index contributed by atoms with van der Waals surface area (Å²) in [7, 11) is 0. The van der Waals surface area contributed by atoms with Gasteiger partial charge in [-0.2, -0.15) is 0 Å². The van der Waals surface area contributed by atoms with E-state index in [1.165, 1.54) is 0 Å². The zero-order valence-corrected chi connectivity index (χ0v) is 8.31. The predicted molar refractivity (Wildman–Crippen MR) is 44.5 cm³/mol. The summed E-state index contributed by atoms with van der Waals surface area (Å²) in [6.45, 7) is 0.696. The molecule has 1 rings (SSSR count). The third-order valence-corrected chi connectivity index (χ3v) is 2.98. The van der Waals surface area contributed by atoms with Gasteiger partial charge in [0.25, 0.3) is 0 Å². The normalized spacial score (nSPS) is 41.9. The summed E-state index contributed by atoms with van der Waals surface area (Å²) in [5.74, 6) is 0.0830. The number of hydroxylamine groups is 2. The Hall–Kier alpha value is 0.550. The van der Waals surface area contributed by atoms with Crippen molar-refractivity contribution in [1.82, 2.24) is 0 Å². The highest BCUT2D eigenvalue weighted by Crippen LogP contribution is 2.10. The van der Waals surface area contributed by atoms with E-state index in [0.29, 0.717) is 13.1 Å². The third kappa shape index (κ3) is 1.78. The van der Waals surface area contributed by atoms with E-state index in [-0.39, 0.29) is 20.5 Å². The lowest BCUT2D eigenvalue weighted by atomic mass is 10.1. The van der Waals surface area contributed by atoms with E-state index in [0.717, 1.165) is 0 Å². The molecule has 3 nitrogen and oxygen atoms in total. The number of hydrogen-bond acceptors (Lipinski definition) is 2. The highest BCUT2D eigenvalue weighted by Gasteiger charge is 2.31. The molecule has 1 N–H and O–H groups in total. The molecule has 2 atom stereocenters. The number of nitrogens with one attached hydrogen (secondary N) is 1. The molecule has 0 spiro atoms. The number of carbonyl (C=O) groups excluding carboxylic acids is 1. The lowest BCUT2D eigenvalue weighted by Gasteiger charge is -2.31. The second-order valence-corrected chi connectivity index (χ2v) is 4.50. The van der Waals surface area contributed by atoms with Crippen LogP contribution in [-0.2, 0) is 4.79 Å². The monoisotopic (exact) mass is 271 g/mol. The minimum Gasteiger partial charge on any atom is -0.634 e. The van der Waals surface area contributed by atoms with Gasteiger partial charge in [-0.3, -0.25) is 4.79 Å². The Balaban J connectivity index is 2.57. The summed E-state index contributed by atoms with van der Waals surface area (Å²) in [6, 6.07) is 0. The van der Waals surface area contributed by atoms with Crippen LogP contribution in [0.2, 0.25) is 0 Å². The van der Waals surface area contributed by atoms with Crippen LogP contribution in [0.3, 0.4) is 0 Å². The average Bonchev–Trinajstić information content (AvgIpc) is 1.82. The van der Waals surface area contributed by atoms with E-state index < -0.39 is 0 Å². The summed E-state index contributed by atoms with van der Waals surface area (Å²) >= 11 is 6.27. The van der Waals surface area contributed by atoms with Crippen molar-refractivity contribution < 1.29 is 9.86 Å². The van der Waals surface area contributed by atoms with Crippen LogP contribution in [0.25, 0.3) is 0 Å². The van der Waals surface area contributed by atoms with Crippen LogP contribution in [0.15, 0.2) is 0 Å². The van der Waals surface area contributed by atoms with Gasteiger partial charge < -0.3 is 10.3 Å². The molecule has 0 amide bonds. The SMILES string of the molecule is O=C1C(Br)C[NH+]([O-])CC1Br. The van der Waals surface area contributed by atoms with Crippen molar-refractivity contribution in [2.45, 2.75) is 9.65 Å². The van der Waals surface area contributed by atoms with Gasteiger partial charge in [-0.25, -0.2) is 0 Å². The highest BCUT2D eigenvalue weighted by molar-refractivity contribution is 9.10. The first-order valence-corrected chi connectivity index (χ1v) is 4.78. The van der Waals surface area contributed by atoms with Crippen LogP contribution in [0.4, 0.5) is 0 Å². The lowest BCUT2D eigenvalue weighted by Crippen LogP contribution is -3.11. The molecule has 5 heteroatoms. The first-order chi connectivity index (χ1) is 4.61. The number of Topliss-reactive ketones (excluding diaryl/α,β-unsaturated/α-hetero) is 1. The first kappa shape index (κ1) is 8.64. The molecule has 0 aromatic carbocycles. The smallest absolute Gasteiger partial charge is 0.171 e. The van der Waals surface area contributed by atoms with Crippen molar-refractivity contribution in [2.24, 2.45) is 0 Å². The van der Waals surface area contributed by atoms with E-state index in [9.17, 15) is 10.0 Å². The molecule has 2 unspecified atom stereocenters. The van der Waals surface area contributed by atoms with Gasteiger partial charge in [0.15, 0.2) is 5.78 Å². The Morgan fingerprint density at radius 3 is 2.20 bits per heavy atom. The number of quaternary nitrogens is 1. The van der Waals surface area contributed by atoms with Gasteiger partial charge in [0.1, 0.15) is 9.65 Å². The molecule has 58 valence electrons. The molecule has 0 radical (unpaired) electrons. The number of hydrogen-bond donors (Lipinski definition) is 1. The number of piperidine rings is 1. The standard InChI is InChI=1S/C5H7Br2NO2/c6-3-1-8(10)2-4(7)5(3)9/h3-4,8H,1-2H2. The van der Waals surface area contributed by atoms with Crippen molar-refractivity contribution in [3.05, 3.63) is 5.21 Å². The molecule has 1 heterocycles. The van der Waals surface area contributed by atoms with Crippen LogP contribution >= 0.6 is 31.9 Å². The molecular formula is C5H7Br2NO2. The molecule has 0 aliphatic carbocycles. The maximum Gasteiger partial charge on any atom is 0.171 e. The van der Waals surface area contributed by atoms with Crippen LogP contribution in [-0.4, -0.2) is 28.5 Å². The maximum atomic E-state index is 11.0. The van der Waals surface area contributed by atoms with Gasteiger partial charge in [0.2, 0.25) is 0 Å². The largest absolute Gasteiger partial charge is 0.634 e. The van der Waals surface area contributed by atoms with E-state index in [1.54, 1.807) is 0 Å². The van der Waals surface area contributed by atoms with Crippen molar-refractivity contribution in [3.63, 3.8) is 0 Å². The zero-order chi connectivity index (χ0) is 7.72. The quantitative estimate of drug-likeness (QED) is 0.476. The average molecular weight is 273 g/mol. The number of alkyl halides is 2. The number of ketones is 1. The topological polar surface area (TPSA) is 44.6 Å². The fraction of sp³-hybridized carbons (Fsp3) is 0.800. The van der Waals surface area contributed by atoms with E-state index in [2.05, 4.69) is 31.9 Å². The summed E-state index contributed by atoms with van der Waals surface area (Å²) in [6.07, 6.45) is 0. The maximum absolute atomic E-state index is 11.0.